The van der Waals surface area contributed by atoms with Crippen LogP contribution in [0.15, 0.2) is 12.3 Å². The molecule has 1 fully saturated rings. The molecule has 0 radical (unpaired) electrons. The van der Waals surface area contributed by atoms with Gasteiger partial charge in [-0.1, -0.05) is 34.3 Å². The Morgan fingerprint density at radius 2 is 1.86 bits per heavy atom. The lowest BCUT2D eigenvalue weighted by Crippen LogP contribution is -2.43. The topological polar surface area (TPSA) is 44.8 Å². The van der Waals surface area contributed by atoms with E-state index in [1.54, 1.807) is 0 Å². The molecule has 0 aliphatic heterocycles. The number of carbonyl (C=O) groups excluding carboxylic acids is 1. The molecule has 1 aliphatic carbocycles. The van der Waals surface area contributed by atoms with E-state index in [0.717, 1.165) is 0 Å². The van der Waals surface area contributed by atoms with Gasteiger partial charge in [-0.15, -0.1) is 0 Å². The first-order valence-corrected chi connectivity index (χ1v) is 10.5. The number of ether oxygens (including phenoxy) is 2. The molecule has 1 rings (SSSR count). The van der Waals surface area contributed by atoms with Crippen molar-refractivity contribution >= 4 is 14.3 Å². The molecule has 0 aromatic carbocycles. The number of hydrogen-bond donors (Lipinski definition) is 0. The van der Waals surface area contributed by atoms with Crippen LogP contribution in [0.1, 0.15) is 34.6 Å². The van der Waals surface area contributed by atoms with E-state index in [2.05, 4.69) is 40.4 Å². The summed E-state index contributed by atoms with van der Waals surface area (Å²) < 4.78 is 17.0. The van der Waals surface area contributed by atoms with Gasteiger partial charge in [0, 0.05) is 12.5 Å². The molecule has 0 saturated heterocycles. The third-order valence-corrected chi connectivity index (χ3v) is 9.40. The molecule has 0 bridgehead atoms. The van der Waals surface area contributed by atoms with Gasteiger partial charge < -0.3 is 13.9 Å². The van der Waals surface area contributed by atoms with Gasteiger partial charge >= 0.3 is 5.97 Å². The van der Waals surface area contributed by atoms with Crippen molar-refractivity contribution in [2.24, 2.45) is 11.3 Å². The minimum atomic E-state index is -2.04. The van der Waals surface area contributed by atoms with Crippen LogP contribution in [0.2, 0.25) is 18.1 Å². The first-order chi connectivity index (χ1) is 9.46. The van der Waals surface area contributed by atoms with Crippen molar-refractivity contribution in [3.05, 3.63) is 12.3 Å². The molecular weight excluding hydrogens is 284 g/mol. The largest absolute Gasteiger partial charge is 0.546 e. The number of carbonyl (C=O) groups is 1. The van der Waals surface area contributed by atoms with Crippen molar-refractivity contribution in [1.82, 2.24) is 0 Å². The summed E-state index contributed by atoms with van der Waals surface area (Å²) in [7, 11) is -0.641. The van der Waals surface area contributed by atoms with E-state index >= 15 is 0 Å². The van der Waals surface area contributed by atoms with Gasteiger partial charge in [0.05, 0.1) is 19.0 Å². The first-order valence-electron chi connectivity index (χ1n) is 7.55. The van der Waals surface area contributed by atoms with Gasteiger partial charge in [0.1, 0.15) is 0 Å². The molecule has 122 valence electrons. The minimum Gasteiger partial charge on any atom is -0.546 e. The summed E-state index contributed by atoms with van der Waals surface area (Å²) in [6.07, 6.45) is -0.202. The number of methoxy groups -OCH3 is 1. The highest BCUT2D eigenvalue weighted by atomic mass is 28.4. The zero-order chi connectivity index (χ0) is 16.6. The summed E-state index contributed by atoms with van der Waals surface area (Å²) in [5, 5.41) is 0.0481. The molecule has 5 heteroatoms. The fourth-order valence-corrected chi connectivity index (χ4v) is 3.61. The Morgan fingerprint density at radius 3 is 2.24 bits per heavy atom. The van der Waals surface area contributed by atoms with E-state index in [0.29, 0.717) is 12.4 Å². The standard InChI is InChI=1S/C16H30O4Si/c1-10-19-13-11(2)16(13,14(17)18-7)12(3)20-21(8,9)15(4,5)6/h11,13H,3,10H2,1-2,4-9H3/t11-,13+,16-/m1/s1. The third-order valence-electron chi connectivity index (χ3n) is 5.03. The summed E-state index contributed by atoms with van der Waals surface area (Å²) >= 11 is 0. The monoisotopic (exact) mass is 314 g/mol. The van der Waals surface area contributed by atoms with E-state index in [-0.39, 0.29) is 23.0 Å². The number of esters is 1. The average Bonchev–Trinajstić information content (AvgIpc) is 2.93. The van der Waals surface area contributed by atoms with Crippen molar-refractivity contribution in [2.45, 2.75) is 58.9 Å². The van der Waals surface area contributed by atoms with Crippen molar-refractivity contribution in [3.63, 3.8) is 0 Å². The van der Waals surface area contributed by atoms with Crippen LogP contribution < -0.4 is 0 Å². The molecule has 0 aromatic rings. The molecule has 21 heavy (non-hydrogen) atoms. The second-order valence-corrected chi connectivity index (χ2v) is 12.0. The predicted molar refractivity (Wildman–Crippen MR) is 86.4 cm³/mol. The molecular formula is C16H30O4Si. The zero-order valence-corrected chi connectivity index (χ0v) is 15.7. The van der Waals surface area contributed by atoms with Crippen molar-refractivity contribution in [3.8, 4) is 0 Å². The maximum Gasteiger partial charge on any atom is 0.322 e. The minimum absolute atomic E-state index is 0.0298. The molecule has 0 heterocycles. The van der Waals surface area contributed by atoms with Gasteiger partial charge in [-0.25, -0.2) is 0 Å². The Balaban J connectivity index is 3.03. The fourth-order valence-electron chi connectivity index (χ4n) is 2.52. The summed E-state index contributed by atoms with van der Waals surface area (Å²) in [6.45, 7) is 19.3. The Hall–Kier alpha value is -0.813. The van der Waals surface area contributed by atoms with Crippen molar-refractivity contribution in [1.29, 1.82) is 0 Å². The van der Waals surface area contributed by atoms with Gasteiger partial charge in [-0.3, -0.25) is 4.79 Å². The van der Waals surface area contributed by atoms with E-state index < -0.39 is 13.7 Å². The van der Waals surface area contributed by atoms with Crippen LogP contribution in [-0.4, -0.2) is 34.1 Å². The van der Waals surface area contributed by atoms with Crippen LogP contribution in [0.3, 0.4) is 0 Å². The highest BCUT2D eigenvalue weighted by Gasteiger charge is 2.72. The molecule has 0 N–H and O–H groups in total. The SMILES string of the molecule is C=C(O[Si](C)(C)C(C)(C)C)[C@]1(C(=O)OC)[C@H](C)[C@@H]1OCC. The molecule has 0 unspecified atom stereocenters. The van der Waals surface area contributed by atoms with Gasteiger partial charge in [-0.2, -0.15) is 0 Å². The van der Waals surface area contributed by atoms with Gasteiger partial charge in [-0.05, 0) is 25.1 Å². The normalized spacial score (nSPS) is 29.0. The maximum absolute atomic E-state index is 12.3. The van der Waals surface area contributed by atoms with Crippen LogP contribution in [0.5, 0.6) is 0 Å². The zero-order valence-electron chi connectivity index (χ0n) is 14.7. The molecule has 1 aliphatic rings. The second-order valence-electron chi connectivity index (χ2n) is 7.31. The Morgan fingerprint density at radius 1 is 1.33 bits per heavy atom. The fraction of sp³-hybridized carbons (Fsp3) is 0.812. The second kappa shape index (κ2) is 5.76. The molecule has 1 saturated carbocycles. The van der Waals surface area contributed by atoms with E-state index in [9.17, 15) is 4.79 Å². The Kier molecular flexibility index (Phi) is 5.00. The van der Waals surface area contributed by atoms with Crippen molar-refractivity contribution in [2.75, 3.05) is 13.7 Å². The number of hydrogen-bond acceptors (Lipinski definition) is 4. The Bertz CT molecular complexity index is 424. The lowest BCUT2D eigenvalue weighted by molar-refractivity contribution is -0.148. The summed E-state index contributed by atoms with van der Waals surface area (Å²) in [5.74, 6) is 0.228. The Labute approximate surface area is 130 Å². The molecule has 0 spiro atoms. The van der Waals surface area contributed by atoms with Crippen LogP contribution in [0, 0.1) is 11.3 Å². The van der Waals surface area contributed by atoms with Gasteiger partial charge in [0.2, 0.25) is 8.32 Å². The molecule has 0 amide bonds. The van der Waals surface area contributed by atoms with Gasteiger partial charge in [0.15, 0.2) is 5.41 Å². The first kappa shape index (κ1) is 18.2. The highest BCUT2D eigenvalue weighted by molar-refractivity contribution is 6.74. The predicted octanol–water partition coefficient (Wildman–Crippen LogP) is 3.74. The van der Waals surface area contributed by atoms with Crippen molar-refractivity contribution < 1.29 is 18.7 Å². The average molecular weight is 314 g/mol. The maximum atomic E-state index is 12.3. The van der Waals surface area contributed by atoms with Crippen LogP contribution in [0.4, 0.5) is 0 Å². The van der Waals surface area contributed by atoms with Gasteiger partial charge in [0.25, 0.3) is 0 Å². The summed E-state index contributed by atoms with van der Waals surface area (Å²) in [6, 6.07) is 0. The summed E-state index contributed by atoms with van der Waals surface area (Å²) in [5.41, 5.74) is -0.847. The van der Waals surface area contributed by atoms with Crippen LogP contribution in [0.25, 0.3) is 0 Å². The van der Waals surface area contributed by atoms with Crippen LogP contribution >= 0.6 is 0 Å². The van der Waals surface area contributed by atoms with E-state index in [1.165, 1.54) is 7.11 Å². The third kappa shape index (κ3) is 2.90. The lowest BCUT2D eigenvalue weighted by Gasteiger charge is -2.38. The smallest absolute Gasteiger partial charge is 0.322 e. The molecule has 4 nitrogen and oxygen atoms in total. The highest BCUT2D eigenvalue weighted by Crippen LogP contribution is 2.61. The summed E-state index contributed by atoms with van der Waals surface area (Å²) in [4.78, 5) is 12.3. The lowest BCUT2D eigenvalue weighted by atomic mass is 10.0. The van der Waals surface area contributed by atoms with Crippen LogP contribution in [-0.2, 0) is 18.7 Å². The molecule has 0 aromatic heterocycles. The number of rotatable bonds is 6. The van der Waals surface area contributed by atoms with E-state index in [1.807, 2.05) is 13.8 Å². The molecule has 3 atom stereocenters. The van der Waals surface area contributed by atoms with E-state index in [4.69, 9.17) is 13.9 Å². The quantitative estimate of drug-likeness (QED) is 0.426.